The van der Waals surface area contributed by atoms with Crippen LogP contribution in [0.1, 0.15) is 53.9 Å². The van der Waals surface area contributed by atoms with Gasteiger partial charge in [-0.25, -0.2) is 0 Å². The van der Waals surface area contributed by atoms with E-state index in [0.717, 1.165) is 12.8 Å². The summed E-state index contributed by atoms with van der Waals surface area (Å²) in [5, 5.41) is 9.34. The largest absolute Gasteiger partial charge is 0.481 e. The Kier molecular flexibility index (Phi) is 3.68. The van der Waals surface area contributed by atoms with Gasteiger partial charge < -0.3 is 9.84 Å². The monoisotopic (exact) mass is 228 g/mol. The molecule has 16 heavy (non-hydrogen) atoms. The van der Waals surface area contributed by atoms with E-state index in [1.807, 2.05) is 20.8 Å². The van der Waals surface area contributed by atoms with Crippen molar-refractivity contribution in [2.24, 2.45) is 11.3 Å². The zero-order valence-electron chi connectivity index (χ0n) is 11.0. The van der Waals surface area contributed by atoms with Crippen molar-refractivity contribution in [1.29, 1.82) is 0 Å². The summed E-state index contributed by atoms with van der Waals surface area (Å²) >= 11 is 0. The van der Waals surface area contributed by atoms with Crippen molar-refractivity contribution in [3.63, 3.8) is 0 Å². The van der Waals surface area contributed by atoms with E-state index in [1.165, 1.54) is 0 Å². The van der Waals surface area contributed by atoms with Gasteiger partial charge in [0.05, 0.1) is 17.1 Å². The second-order valence-electron chi connectivity index (χ2n) is 6.12. The van der Waals surface area contributed by atoms with Crippen LogP contribution in [0.2, 0.25) is 0 Å². The van der Waals surface area contributed by atoms with Gasteiger partial charge in [0, 0.05) is 0 Å². The molecule has 0 aromatic carbocycles. The molecule has 1 N–H and O–H groups in total. The highest BCUT2D eigenvalue weighted by molar-refractivity contribution is 5.74. The molecule has 3 heteroatoms. The van der Waals surface area contributed by atoms with Crippen molar-refractivity contribution in [3.8, 4) is 0 Å². The highest BCUT2D eigenvalue weighted by atomic mass is 16.5. The fourth-order valence-corrected chi connectivity index (χ4v) is 2.26. The van der Waals surface area contributed by atoms with Gasteiger partial charge in [0.25, 0.3) is 0 Å². The topological polar surface area (TPSA) is 46.5 Å². The van der Waals surface area contributed by atoms with Gasteiger partial charge in [-0.05, 0) is 46.0 Å². The van der Waals surface area contributed by atoms with Crippen molar-refractivity contribution in [3.05, 3.63) is 0 Å². The van der Waals surface area contributed by atoms with Crippen LogP contribution in [0.4, 0.5) is 0 Å². The standard InChI is InChI=1S/C13H24O3/c1-9(2)13(5,11(14)15)8-10-6-7-12(3,4)16-10/h9-10H,6-8H2,1-5H3,(H,14,15). The molecule has 94 valence electrons. The molecule has 0 bridgehead atoms. The van der Waals surface area contributed by atoms with E-state index >= 15 is 0 Å². The first-order valence-electron chi connectivity index (χ1n) is 6.08. The molecular formula is C13H24O3. The summed E-state index contributed by atoms with van der Waals surface area (Å²) in [7, 11) is 0. The van der Waals surface area contributed by atoms with Crippen LogP contribution >= 0.6 is 0 Å². The Morgan fingerprint density at radius 2 is 2.12 bits per heavy atom. The number of hydrogen-bond acceptors (Lipinski definition) is 2. The minimum absolute atomic E-state index is 0.0823. The van der Waals surface area contributed by atoms with Crippen molar-refractivity contribution in [2.75, 3.05) is 0 Å². The molecular weight excluding hydrogens is 204 g/mol. The molecule has 0 aromatic heterocycles. The Hall–Kier alpha value is -0.570. The van der Waals surface area contributed by atoms with E-state index in [9.17, 15) is 9.90 Å². The van der Waals surface area contributed by atoms with E-state index in [1.54, 1.807) is 0 Å². The van der Waals surface area contributed by atoms with Gasteiger partial charge in [-0.1, -0.05) is 13.8 Å². The third-order valence-corrected chi connectivity index (χ3v) is 3.97. The second-order valence-corrected chi connectivity index (χ2v) is 6.12. The predicted octanol–water partition coefficient (Wildman–Crippen LogP) is 3.08. The van der Waals surface area contributed by atoms with E-state index in [-0.39, 0.29) is 17.6 Å². The number of carboxylic acid groups (broad SMARTS) is 1. The number of carboxylic acids is 1. The molecule has 3 nitrogen and oxygen atoms in total. The van der Waals surface area contributed by atoms with Gasteiger partial charge >= 0.3 is 5.97 Å². The Morgan fingerprint density at radius 3 is 2.44 bits per heavy atom. The maximum atomic E-state index is 11.4. The van der Waals surface area contributed by atoms with Gasteiger partial charge in [0.15, 0.2) is 0 Å². The normalized spacial score (nSPS) is 28.0. The smallest absolute Gasteiger partial charge is 0.309 e. The summed E-state index contributed by atoms with van der Waals surface area (Å²) in [4.78, 5) is 11.4. The van der Waals surface area contributed by atoms with Gasteiger partial charge in [-0.2, -0.15) is 0 Å². The van der Waals surface area contributed by atoms with Crippen LogP contribution in [-0.4, -0.2) is 22.8 Å². The molecule has 1 rings (SSSR count). The van der Waals surface area contributed by atoms with Crippen LogP contribution in [-0.2, 0) is 9.53 Å². The highest BCUT2D eigenvalue weighted by Crippen LogP contribution is 2.39. The lowest BCUT2D eigenvalue weighted by Gasteiger charge is -2.32. The average Bonchev–Trinajstić information content (AvgIpc) is 2.44. The lowest BCUT2D eigenvalue weighted by atomic mass is 9.74. The fraction of sp³-hybridized carbons (Fsp3) is 0.923. The maximum absolute atomic E-state index is 11.4. The molecule has 1 aliphatic heterocycles. The summed E-state index contributed by atoms with van der Waals surface area (Å²) < 4.78 is 5.88. The summed E-state index contributed by atoms with van der Waals surface area (Å²) in [6.07, 6.45) is 2.70. The Bertz CT molecular complexity index is 270. The molecule has 1 heterocycles. The minimum Gasteiger partial charge on any atom is -0.481 e. The minimum atomic E-state index is -0.712. The van der Waals surface area contributed by atoms with Crippen LogP contribution in [0.15, 0.2) is 0 Å². The fourth-order valence-electron chi connectivity index (χ4n) is 2.26. The van der Waals surface area contributed by atoms with Gasteiger partial charge in [0.1, 0.15) is 0 Å². The number of hydrogen-bond donors (Lipinski definition) is 1. The molecule has 2 atom stereocenters. The van der Waals surface area contributed by atoms with Crippen LogP contribution in [0.5, 0.6) is 0 Å². The number of carbonyl (C=O) groups is 1. The lowest BCUT2D eigenvalue weighted by molar-refractivity contribution is -0.154. The molecule has 0 amide bonds. The van der Waals surface area contributed by atoms with E-state index < -0.39 is 11.4 Å². The van der Waals surface area contributed by atoms with Crippen molar-refractivity contribution in [1.82, 2.24) is 0 Å². The first-order valence-corrected chi connectivity index (χ1v) is 6.08. The summed E-state index contributed by atoms with van der Waals surface area (Å²) in [6, 6.07) is 0. The van der Waals surface area contributed by atoms with Crippen LogP contribution in [0.25, 0.3) is 0 Å². The quantitative estimate of drug-likeness (QED) is 0.804. The number of aliphatic carboxylic acids is 1. The maximum Gasteiger partial charge on any atom is 0.309 e. The Morgan fingerprint density at radius 1 is 1.56 bits per heavy atom. The molecule has 0 saturated carbocycles. The zero-order valence-corrected chi connectivity index (χ0v) is 11.0. The van der Waals surface area contributed by atoms with Gasteiger partial charge in [-0.3, -0.25) is 4.79 Å². The molecule has 0 radical (unpaired) electrons. The van der Waals surface area contributed by atoms with Crippen LogP contribution < -0.4 is 0 Å². The van der Waals surface area contributed by atoms with Crippen LogP contribution in [0, 0.1) is 11.3 Å². The van der Waals surface area contributed by atoms with Crippen molar-refractivity contribution < 1.29 is 14.6 Å². The number of ether oxygens (including phenoxy) is 1. The highest BCUT2D eigenvalue weighted by Gasteiger charge is 2.42. The molecule has 1 fully saturated rings. The zero-order chi connectivity index (χ0) is 12.6. The molecule has 2 unspecified atom stereocenters. The van der Waals surface area contributed by atoms with E-state index in [4.69, 9.17) is 4.74 Å². The summed E-state index contributed by atoms with van der Waals surface area (Å²) in [6.45, 7) is 9.90. The second kappa shape index (κ2) is 4.36. The lowest BCUT2D eigenvalue weighted by Crippen LogP contribution is -2.37. The van der Waals surface area contributed by atoms with E-state index in [2.05, 4.69) is 13.8 Å². The van der Waals surface area contributed by atoms with Gasteiger partial charge in [-0.15, -0.1) is 0 Å². The molecule has 1 aliphatic rings. The van der Waals surface area contributed by atoms with Crippen molar-refractivity contribution in [2.45, 2.75) is 65.6 Å². The molecule has 0 spiro atoms. The number of rotatable bonds is 4. The third kappa shape index (κ3) is 2.76. The summed E-state index contributed by atoms with van der Waals surface area (Å²) in [5.74, 6) is -0.590. The summed E-state index contributed by atoms with van der Waals surface area (Å²) in [5.41, 5.74) is -0.758. The predicted molar refractivity (Wildman–Crippen MR) is 63.4 cm³/mol. The molecule has 1 saturated heterocycles. The Balaban J connectivity index is 2.68. The Labute approximate surface area is 98.2 Å². The van der Waals surface area contributed by atoms with Crippen molar-refractivity contribution >= 4 is 5.97 Å². The van der Waals surface area contributed by atoms with Crippen LogP contribution in [0.3, 0.4) is 0 Å². The SMILES string of the molecule is CC(C)C(C)(CC1CCC(C)(C)O1)C(=O)O. The molecule has 0 aromatic rings. The molecule has 0 aliphatic carbocycles. The third-order valence-electron chi connectivity index (χ3n) is 3.97. The first kappa shape index (κ1) is 13.5. The average molecular weight is 228 g/mol. The van der Waals surface area contributed by atoms with Gasteiger partial charge in [0.2, 0.25) is 0 Å². The van der Waals surface area contributed by atoms with E-state index in [0.29, 0.717) is 6.42 Å². The first-order chi connectivity index (χ1) is 7.17.